The van der Waals surface area contributed by atoms with E-state index in [9.17, 15) is 4.79 Å². The largest absolute Gasteiger partial charge is 0.465 e. The second-order valence-electron chi connectivity index (χ2n) is 5.13. The van der Waals surface area contributed by atoms with E-state index in [-0.39, 0.29) is 5.97 Å². The molecule has 0 aromatic heterocycles. The normalized spacial score (nSPS) is 14.6. The van der Waals surface area contributed by atoms with E-state index in [2.05, 4.69) is 19.2 Å². The molecular formula is C14H29NO2S. The fraction of sp³-hybridized carbons (Fsp3) is 0.929. The van der Waals surface area contributed by atoms with E-state index in [0.29, 0.717) is 6.61 Å². The van der Waals surface area contributed by atoms with E-state index in [1.807, 2.05) is 32.5 Å². The number of carbonyl (C=O) groups is 1. The first kappa shape index (κ1) is 17.8. The molecule has 0 heterocycles. The number of thioether (sulfide) groups is 1. The molecule has 18 heavy (non-hydrogen) atoms. The van der Waals surface area contributed by atoms with Crippen molar-refractivity contribution in [3.63, 3.8) is 0 Å². The van der Waals surface area contributed by atoms with Gasteiger partial charge in [-0.2, -0.15) is 11.8 Å². The number of hydrogen-bond donors (Lipinski definition) is 1. The summed E-state index contributed by atoms with van der Waals surface area (Å²) in [7, 11) is 0. The van der Waals surface area contributed by atoms with Crippen LogP contribution >= 0.6 is 11.8 Å². The minimum Gasteiger partial charge on any atom is -0.465 e. The second-order valence-corrected chi connectivity index (χ2v) is 6.35. The van der Waals surface area contributed by atoms with Gasteiger partial charge in [-0.3, -0.25) is 4.79 Å². The van der Waals surface area contributed by atoms with Gasteiger partial charge in [0.1, 0.15) is 5.54 Å². The Hall–Kier alpha value is -0.220. The Bertz CT molecular complexity index is 234. The smallest absolute Gasteiger partial charge is 0.326 e. The Labute approximate surface area is 116 Å². The molecule has 4 heteroatoms. The van der Waals surface area contributed by atoms with Crippen LogP contribution in [0.25, 0.3) is 0 Å². The first-order valence-corrected chi connectivity index (χ1v) is 8.11. The van der Waals surface area contributed by atoms with E-state index < -0.39 is 5.54 Å². The summed E-state index contributed by atoms with van der Waals surface area (Å²) >= 11 is 1.92. The summed E-state index contributed by atoms with van der Waals surface area (Å²) in [4.78, 5) is 11.9. The summed E-state index contributed by atoms with van der Waals surface area (Å²) in [6.45, 7) is 11.5. The van der Waals surface area contributed by atoms with Gasteiger partial charge in [-0.05, 0) is 50.7 Å². The van der Waals surface area contributed by atoms with Gasteiger partial charge in [0.15, 0.2) is 0 Å². The highest BCUT2D eigenvalue weighted by Crippen LogP contribution is 2.18. The molecule has 1 N–H and O–H groups in total. The van der Waals surface area contributed by atoms with Crippen LogP contribution in [-0.4, -0.2) is 36.2 Å². The van der Waals surface area contributed by atoms with Crippen LogP contribution in [0, 0.1) is 5.92 Å². The standard InChI is InChI=1S/C14H29NO2S/c1-6-15-14(5,13(16)17-7-2)9-11-18-10-8-12(3)4/h12,15H,6-11H2,1-5H3. The maximum absolute atomic E-state index is 11.9. The third kappa shape index (κ3) is 7.27. The summed E-state index contributed by atoms with van der Waals surface area (Å²) in [5.74, 6) is 2.79. The van der Waals surface area contributed by atoms with Crippen molar-refractivity contribution in [2.75, 3.05) is 24.7 Å². The van der Waals surface area contributed by atoms with Crippen molar-refractivity contribution in [3.8, 4) is 0 Å². The third-order valence-electron chi connectivity index (χ3n) is 2.88. The summed E-state index contributed by atoms with van der Waals surface area (Å²) in [6.07, 6.45) is 2.06. The minimum atomic E-state index is -0.532. The fourth-order valence-corrected chi connectivity index (χ4v) is 3.04. The molecule has 0 aliphatic carbocycles. The first-order valence-electron chi connectivity index (χ1n) is 6.96. The van der Waals surface area contributed by atoms with E-state index in [0.717, 1.165) is 24.6 Å². The van der Waals surface area contributed by atoms with Crippen LogP contribution in [-0.2, 0) is 9.53 Å². The van der Waals surface area contributed by atoms with Crippen LogP contribution in [0.15, 0.2) is 0 Å². The van der Waals surface area contributed by atoms with Crippen LogP contribution in [0.4, 0.5) is 0 Å². The van der Waals surface area contributed by atoms with Crippen molar-refractivity contribution >= 4 is 17.7 Å². The number of nitrogens with one attached hydrogen (secondary N) is 1. The van der Waals surface area contributed by atoms with Crippen molar-refractivity contribution < 1.29 is 9.53 Å². The van der Waals surface area contributed by atoms with E-state index in [1.54, 1.807) is 0 Å². The molecule has 0 aromatic rings. The van der Waals surface area contributed by atoms with Gasteiger partial charge in [0.25, 0.3) is 0 Å². The Balaban J connectivity index is 4.06. The molecule has 1 unspecified atom stereocenters. The minimum absolute atomic E-state index is 0.128. The molecule has 0 amide bonds. The van der Waals surface area contributed by atoms with Crippen LogP contribution in [0.2, 0.25) is 0 Å². The predicted octanol–water partition coefficient (Wildman–Crippen LogP) is 3.09. The molecular weight excluding hydrogens is 246 g/mol. The molecule has 0 aliphatic heterocycles. The summed E-state index contributed by atoms with van der Waals surface area (Å²) in [5, 5.41) is 3.26. The zero-order valence-electron chi connectivity index (χ0n) is 12.5. The fourth-order valence-electron chi connectivity index (χ4n) is 1.64. The van der Waals surface area contributed by atoms with E-state index in [4.69, 9.17) is 4.74 Å². The number of carbonyl (C=O) groups excluding carboxylic acids is 1. The van der Waals surface area contributed by atoms with Gasteiger partial charge in [0.05, 0.1) is 6.61 Å². The van der Waals surface area contributed by atoms with Gasteiger partial charge in [-0.25, -0.2) is 0 Å². The number of hydrogen-bond acceptors (Lipinski definition) is 4. The summed E-state index contributed by atoms with van der Waals surface area (Å²) < 4.78 is 5.14. The lowest BCUT2D eigenvalue weighted by Crippen LogP contribution is -2.50. The van der Waals surface area contributed by atoms with Gasteiger partial charge in [0, 0.05) is 0 Å². The van der Waals surface area contributed by atoms with Crippen LogP contribution in [0.3, 0.4) is 0 Å². The first-order chi connectivity index (χ1) is 8.46. The Morgan fingerprint density at radius 3 is 2.50 bits per heavy atom. The topological polar surface area (TPSA) is 38.3 Å². The van der Waals surface area contributed by atoms with Crippen LogP contribution in [0.5, 0.6) is 0 Å². The van der Waals surface area contributed by atoms with Crippen LogP contribution < -0.4 is 5.32 Å². The van der Waals surface area contributed by atoms with E-state index in [1.165, 1.54) is 12.2 Å². The maximum atomic E-state index is 11.9. The zero-order chi connectivity index (χ0) is 14.0. The molecule has 1 atom stereocenters. The van der Waals surface area contributed by atoms with Crippen molar-refractivity contribution in [2.24, 2.45) is 5.92 Å². The van der Waals surface area contributed by atoms with E-state index >= 15 is 0 Å². The van der Waals surface area contributed by atoms with Crippen molar-refractivity contribution in [2.45, 2.75) is 53.0 Å². The number of esters is 1. The molecule has 0 saturated carbocycles. The molecule has 0 fully saturated rings. The molecule has 0 bridgehead atoms. The Morgan fingerprint density at radius 1 is 1.33 bits per heavy atom. The summed E-state index contributed by atoms with van der Waals surface area (Å²) in [6, 6.07) is 0. The average Bonchev–Trinajstić information content (AvgIpc) is 2.28. The second kappa shape index (κ2) is 9.68. The van der Waals surface area contributed by atoms with Gasteiger partial charge < -0.3 is 10.1 Å². The lowest BCUT2D eigenvalue weighted by atomic mass is 9.99. The molecule has 0 saturated heterocycles. The SMILES string of the molecule is CCNC(C)(CCSCCC(C)C)C(=O)OCC. The van der Waals surface area contributed by atoms with Gasteiger partial charge in [-0.1, -0.05) is 20.8 Å². The van der Waals surface area contributed by atoms with Crippen molar-refractivity contribution in [3.05, 3.63) is 0 Å². The maximum Gasteiger partial charge on any atom is 0.326 e. The highest BCUT2D eigenvalue weighted by atomic mass is 32.2. The molecule has 0 aromatic carbocycles. The molecule has 0 spiro atoms. The van der Waals surface area contributed by atoms with Gasteiger partial charge in [-0.15, -0.1) is 0 Å². The molecule has 0 radical (unpaired) electrons. The monoisotopic (exact) mass is 275 g/mol. The summed E-state index contributed by atoms with van der Waals surface area (Å²) in [5.41, 5.74) is -0.532. The number of ether oxygens (including phenoxy) is 1. The van der Waals surface area contributed by atoms with Crippen molar-refractivity contribution in [1.29, 1.82) is 0 Å². The van der Waals surface area contributed by atoms with Crippen LogP contribution in [0.1, 0.15) is 47.5 Å². The third-order valence-corrected chi connectivity index (χ3v) is 3.90. The Kier molecular flexibility index (Phi) is 9.56. The van der Waals surface area contributed by atoms with Gasteiger partial charge >= 0.3 is 5.97 Å². The average molecular weight is 275 g/mol. The number of rotatable bonds is 10. The Morgan fingerprint density at radius 2 is 2.00 bits per heavy atom. The van der Waals surface area contributed by atoms with Gasteiger partial charge in [0.2, 0.25) is 0 Å². The predicted molar refractivity (Wildman–Crippen MR) is 80.1 cm³/mol. The quantitative estimate of drug-likeness (QED) is 0.491. The molecule has 0 rings (SSSR count). The lowest BCUT2D eigenvalue weighted by Gasteiger charge is -2.28. The molecule has 3 nitrogen and oxygen atoms in total. The highest BCUT2D eigenvalue weighted by Gasteiger charge is 2.33. The zero-order valence-corrected chi connectivity index (χ0v) is 13.4. The highest BCUT2D eigenvalue weighted by molar-refractivity contribution is 7.99. The number of likely N-dealkylation sites (N-methyl/N-ethyl adjacent to an activating group) is 1. The van der Waals surface area contributed by atoms with Crippen molar-refractivity contribution in [1.82, 2.24) is 5.32 Å². The molecule has 108 valence electrons. The molecule has 0 aliphatic rings. The lowest BCUT2D eigenvalue weighted by molar-refractivity contribution is -0.150.